The number of amides is 1. The van der Waals surface area contributed by atoms with E-state index < -0.39 is 0 Å². The number of fused-ring (bicyclic) bond motifs is 1. The van der Waals surface area contributed by atoms with Crippen LogP contribution in [0, 0.1) is 16.0 Å². The van der Waals surface area contributed by atoms with Crippen LogP contribution in [-0.2, 0) is 16.1 Å². The van der Waals surface area contributed by atoms with Gasteiger partial charge in [-0.15, -0.1) is 0 Å². The van der Waals surface area contributed by atoms with E-state index in [4.69, 9.17) is 9.72 Å². The molecule has 0 N–H and O–H groups in total. The molecule has 1 saturated carbocycles. The lowest BCUT2D eigenvalue weighted by atomic mass is 9.86. The molecule has 0 radical (unpaired) electrons. The lowest BCUT2D eigenvalue weighted by Gasteiger charge is -2.38. The van der Waals surface area contributed by atoms with Crippen LogP contribution in [-0.4, -0.2) is 69.4 Å². The second kappa shape index (κ2) is 11.8. The van der Waals surface area contributed by atoms with Crippen LogP contribution < -0.4 is 0 Å². The Hall–Kier alpha value is -4.08. The summed E-state index contributed by atoms with van der Waals surface area (Å²) in [6.45, 7) is 3.68. The summed E-state index contributed by atoms with van der Waals surface area (Å²) in [5.74, 6) is 0.337. The van der Waals surface area contributed by atoms with Crippen molar-refractivity contribution in [3.63, 3.8) is 0 Å². The van der Waals surface area contributed by atoms with Crippen LogP contribution in [0.1, 0.15) is 31.4 Å². The van der Waals surface area contributed by atoms with Crippen molar-refractivity contribution in [3.8, 4) is 22.4 Å². The van der Waals surface area contributed by atoms with E-state index in [1.807, 2.05) is 47.5 Å². The number of ether oxygens (including phenoxy) is 1. The summed E-state index contributed by atoms with van der Waals surface area (Å²) < 4.78 is 7.67. The van der Waals surface area contributed by atoms with Gasteiger partial charge in [0.15, 0.2) is 0 Å². The maximum Gasteiger partial charge on any atom is 0.270 e. The summed E-state index contributed by atoms with van der Waals surface area (Å²) in [6, 6.07) is 20.8. The molecule has 1 amide bonds. The maximum absolute atomic E-state index is 13.3. The Kier molecular flexibility index (Phi) is 7.80. The molecule has 3 heterocycles. The number of hydrogen-bond donors (Lipinski definition) is 0. The van der Waals surface area contributed by atoms with Crippen molar-refractivity contribution in [2.75, 3.05) is 33.3 Å². The minimum atomic E-state index is -0.368. The molecule has 2 atom stereocenters. The molecule has 2 aliphatic rings. The van der Waals surface area contributed by atoms with Crippen molar-refractivity contribution in [1.82, 2.24) is 19.2 Å². The van der Waals surface area contributed by atoms with Gasteiger partial charge in [-0.3, -0.25) is 19.8 Å². The number of benzene rings is 2. The van der Waals surface area contributed by atoms with E-state index in [2.05, 4.69) is 21.4 Å². The smallest absolute Gasteiger partial charge is 0.270 e. The Labute approximate surface area is 239 Å². The first-order chi connectivity index (χ1) is 20.0. The van der Waals surface area contributed by atoms with Crippen LogP contribution in [0.4, 0.5) is 5.69 Å². The number of carbonyl (C=O) groups excluding carboxylic acids is 1. The highest BCUT2D eigenvalue weighted by atomic mass is 16.6. The van der Waals surface area contributed by atoms with E-state index in [9.17, 15) is 14.9 Å². The largest absolute Gasteiger partial charge is 0.381 e. The molecular formula is C32H35N5O4. The molecule has 1 aliphatic heterocycles. The molecule has 1 aliphatic carbocycles. The van der Waals surface area contributed by atoms with Gasteiger partial charge in [0.2, 0.25) is 5.91 Å². The minimum Gasteiger partial charge on any atom is -0.381 e. The molecule has 41 heavy (non-hydrogen) atoms. The topological polar surface area (TPSA) is 93.2 Å². The van der Waals surface area contributed by atoms with Gasteiger partial charge >= 0.3 is 0 Å². The number of aromatic nitrogens is 2. The van der Waals surface area contributed by atoms with Crippen LogP contribution in [0.3, 0.4) is 0 Å². The molecule has 212 valence electrons. The van der Waals surface area contributed by atoms with E-state index in [1.54, 1.807) is 19.2 Å². The molecule has 0 bridgehead atoms. The molecule has 0 spiro atoms. The van der Waals surface area contributed by atoms with Crippen molar-refractivity contribution in [1.29, 1.82) is 0 Å². The normalized spacial score (nSPS) is 19.9. The number of pyridine rings is 1. The Morgan fingerprint density at radius 1 is 0.976 bits per heavy atom. The average Bonchev–Trinajstić information content (AvgIpc) is 3.39. The predicted molar refractivity (Wildman–Crippen MR) is 157 cm³/mol. The van der Waals surface area contributed by atoms with Crippen LogP contribution in [0.25, 0.3) is 28.0 Å². The van der Waals surface area contributed by atoms with Gasteiger partial charge in [-0.1, -0.05) is 48.9 Å². The molecule has 2 aromatic heterocycles. The number of rotatable bonds is 7. The summed E-state index contributed by atoms with van der Waals surface area (Å²) in [7, 11) is 1.74. The second-order valence-electron chi connectivity index (χ2n) is 11.0. The number of piperazine rings is 1. The Morgan fingerprint density at radius 3 is 2.51 bits per heavy atom. The van der Waals surface area contributed by atoms with Crippen LogP contribution in [0.2, 0.25) is 0 Å². The third-order valence-corrected chi connectivity index (χ3v) is 8.52. The second-order valence-corrected chi connectivity index (χ2v) is 11.0. The summed E-state index contributed by atoms with van der Waals surface area (Å²) in [4.78, 5) is 33.7. The van der Waals surface area contributed by atoms with E-state index in [0.29, 0.717) is 19.6 Å². The number of hydrogen-bond acceptors (Lipinski definition) is 6. The van der Waals surface area contributed by atoms with Gasteiger partial charge in [0, 0.05) is 69.6 Å². The molecule has 0 unspecified atom stereocenters. The van der Waals surface area contributed by atoms with Gasteiger partial charge < -0.3 is 14.0 Å². The summed E-state index contributed by atoms with van der Waals surface area (Å²) in [5, 5.41) is 11.4. The van der Waals surface area contributed by atoms with E-state index in [0.717, 1.165) is 72.5 Å². The van der Waals surface area contributed by atoms with Crippen LogP contribution in [0.5, 0.6) is 0 Å². The molecule has 4 aromatic rings. The Morgan fingerprint density at radius 2 is 1.76 bits per heavy atom. The van der Waals surface area contributed by atoms with Crippen LogP contribution in [0.15, 0.2) is 72.9 Å². The third kappa shape index (κ3) is 5.73. The minimum absolute atomic E-state index is 0.0657. The highest BCUT2D eigenvalue weighted by Crippen LogP contribution is 2.31. The lowest BCUT2D eigenvalue weighted by Crippen LogP contribution is -2.50. The summed E-state index contributed by atoms with van der Waals surface area (Å²) in [6.07, 6.45) is 6.08. The Balaban J connectivity index is 1.26. The van der Waals surface area contributed by atoms with Gasteiger partial charge in [-0.2, -0.15) is 0 Å². The molecule has 6 rings (SSSR count). The van der Waals surface area contributed by atoms with Gasteiger partial charge in [0.05, 0.1) is 22.4 Å². The van der Waals surface area contributed by atoms with Crippen molar-refractivity contribution in [2.24, 2.45) is 5.92 Å². The standard InChI is InChI=1S/C32H35N5O4/c1-41-28-12-6-10-25(20-28)32(38)35-17-15-34(16-18-35)22-29-31(23-7-3-2-4-8-23)33-30-14-13-26(21-36(29)30)24-9-5-11-27(19-24)37(39)40/h2-5,7-9,11,13-14,19,21,25,28H,6,10,12,15-18,20,22H2,1H3/t25-,28+/m1/s1. The average molecular weight is 554 g/mol. The quantitative estimate of drug-likeness (QED) is 0.224. The lowest BCUT2D eigenvalue weighted by molar-refractivity contribution is -0.384. The summed E-state index contributed by atoms with van der Waals surface area (Å²) in [5.41, 5.74) is 5.59. The number of nitro groups is 1. The fourth-order valence-corrected chi connectivity index (χ4v) is 6.22. The third-order valence-electron chi connectivity index (χ3n) is 8.52. The van der Waals surface area contributed by atoms with Gasteiger partial charge in [0.25, 0.3) is 5.69 Å². The van der Waals surface area contributed by atoms with E-state index in [1.165, 1.54) is 6.07 Å². The number of carbonyl (C=O) groups is 1. The molecule has 9 heteroatoms. The summed E-state index contributed by atoms with van der Waals surface area (Å²) >= 11 is 0. The molecule has 1 saturated heterocycles. The number of imidazole rings is 1. The number of nitrogens with zero attached hydrogens (tertiary/aromatic N) is 5. The zero-order valence-corrected chi connectivity index (χ0v) is 23.3. The zero-order chi connectivity index (χ0) is 28.3. The van der Waals surface area contributed by atoms with Gasteiger partial charge in [-0.05, 0) is 42.5 Å². The Bertz CT molecular complexity index is 1540. The SMILES string of the molecule is CO[C@H]1CCC[C@@H](C(=O)N2CCN(Cc3c(-c4ccccc4)nc4ccc(-c5cccc([N+](=O)[O-])c5)cn34)CC2)C1. The van der Waals surface area contributed by atoms with Crippen LogP contribution >= 0.6 is 0 Å². The highest BCUT2D eigenvalue weighted by molar-refractivity contribution is 5.79. The first kappa shape index (κ1) is 27.1. The van der Waals surface area contributed by atoms with Crippen molar-refractivity contribution < 1.29 is 14.5 Å². The van der Waals surface area contributed by atoms with Crippen molar-refractivity contribution in [2.45, 2.75) is 38.3 Å². The fourth-order valence-electron chi connectivity index (χ4n) is 6.22. The van der Waals surface area contributed by atoms with E-state index in [-0.39, 0.29) is 28.5 Å². The fraction of sp³-hybridized carbons (Fsp3) is 0.375. The zero-order valence-electron chi connectivity index (χ0n) is 23.3. The maximum atomic E-state index is 13.3. The monoisotopic (exact) mass is 553 g/mol. The van der Waals surface area contributed by atoms with Crippen molar-refractivity contribution in [3.05, 3.63) is 88.7 Å². The highest BCUT2D eigenvalue weighted by Gasteiger charge is 2.32. The number of non-ortho nitro benzene ring substituents is 1. The van der Waals surface area contributed by atoms with Crippen molar-refractivity contribution >= 4 is 17.2 Å². The first-order valence-corrected chi connectivity index (χ1v) is 14.4. The molecule has 2 fully saturated rings. The molecule has 2 aromatic carbocycles. The van der Waals surface area contributed by atoms with E-state index >= 15 is 0 Å². The predicted octanol–water partition coefficient (Wildman–Crippen LogP) is 5.43. The number of nitro benzene ring substituents is 1. The molecular weight excluding hydrogens is 518 g/mol. The van der Waals surface area contributed by atoms with Gasteiger partial charge in [0.1, 0.15) is 5.65 Å². The molecule has 9 nitrogen and oxygen atoms in total. The first-order valence-electron chi connectivity index (χ1n) is 14.4. The van der Waals surface area contributed by atoms with Gasteiger partial charge in [-0.25, -0.2) is 4.98 Å². The number of methoxy groups -OCH3 is 1.